The molecule has 0 radical (unpaired) electrons. The molecule has 8 unspecified atom stereocenters. The van der Waals surface area contributed by atoms with E-state index >= 15 is 0 Å². The number of rotatable bonds is 4. The Balaban J connectivity index is 1.06. The molecule has 8 atom stereocenters. The SMILES string of the molecule is c1ccc(-c2cccc(N(c3ccc4c(c3)C3(CC5CCC3C5)c3ccccc3-4)c3cccc4c3-c3ccccc3C43C4CCC5CC(C4)CC3C5)c2)cc1. The lowest BCUT2D eigenvalue weighted by molar-refractivity contribution is 0.0618. The monoisotopic (exact) mass is 711 g/mol. The first-order valence-electron chi connectivity index (χ1n) is 21.6. The van der Waals surface area contributed by atoms with Crippen LogP contribution >= 0.6 is 0 Å². The maximum atomic E-state index is 2.68. The van der Waals surface area contributed by atoms with Gasteiger partial charge in [-0.2, -0.15) is 0 Å². The maximum absolute atomic E-state index is 2.68. The molecule has 8 aliphatic rings. The second-order valence-corrected chi connectivity index (χ2v) is 18.8. The zero-order valence-corrected chi connectivity index (χ0v) is 31.8. The first-order valence-corrected chi connectivity index (χ1v) is 21.6. The second-order valence-electron chi connectivity index (χ2n) is 18.8. The highest BCUT2D eigenvalue weighted by molar-refractivity contribution is 5.96. The Morgan fingerprint density at radius 1 is 0.418 bits per heavy atom. The molecule has 0 aliphatic heterocycles. The third kappa shape index (κ3) is 4.10. The molecule has 0 amide bonds. The summed E-state index contributed by atoms with van der Waals surface area (Å²) >= 11 is 0. The van der Waals surface area contributed by atoms with E-state index in [0.29, 0.717) is 0 Å². The van der Waals surface area contributed by atoms with Gasteiger partial charge in [0.25, 0.3) is 0 Å². The van der Waals surface area contributed by atoms with E-state index in [-0.39, 0.29) is 10.8 Å². The molecular formula is C54H49N. The average molecular weight is 712 g/mol. The Kier molecular flexibility index (Phi) is 6.47. The van der Waals surface area contributed by atoms with Gasteiger partial charge in [-0.3, -0.25) is 0 Å². The summed E-state index contributed by atoms with van der Waals surface area (Å²) in [5.74, 6) is 4.89. The predicted octanol–water partition coefficient (Wildman–Crippen LogP) is 14.0. The summed E-state index contributed by atoms with van der Waals surface area (Å²) < 4.78 is 0. The molecule has 270 valence electrons. The second kappa shape index (κ2) is 11.3. The molecule has 0 aromatic heterocycles. The Morgan fingerprint density at radius 2 is 1.09 bits per heavy atom. The van der Waals surface area contributed by atoms with Gasteiger partial charge in [0.05, 0.1) is 5.69 Å². The van der Waals surface area contributed by atoms with Crippen molar-refractivity contribution >= 4 is 17.1 Å². The zero-order chi connectivity index (χ0) is 35.9. The summed E-state index contributed by atoms with van der Waals surface area (Å²) in [4.78, 5) is 2.68. The molecule has 2 spiro atoms. The molecule has 6 fully saturated rings. The van der Waals surface area contributed by atoms with E-state index in [1.165, 1.54) is 115 Å². The molecule has 8 aliphatic carbocycles. The largest absolute Gasteiger partial charge is 0.310 e. The molecule has 1 nitrogen and oxygen atoms in total. The van der Waals surface area contributed by atoms with E-state index in [0.717, 1.165) is 35.5 Å². The van der Waals surface area contributed by atoms with Gasteiger partial charge in [-0.25, -0.2) is 0 Å². The van der Waals surface area contributed by atoms with Crippen molar-refractivity contribution in [2.75, 3.05) is 4.90 Å². The third-order valence-corrected chi connectivity index (χ3v) is 16.6. The van der Waals surface area contributed by atoms with Crippen molar-refractivity contribution in [1.29, 1.82) is 0 Å². The van der Waals surface area contributed by atoms with E-state index < -0.39 is 0 Å². The molecule has 55 heavy (non-hydrogen) atoms. The summed E-state index contributed by atoms with van der Waals surface area (Å²) in [5, 5.41) is 0. The van der Waals surface area contributed by atoms with Crippen molar-refractivity contribution in [2.24, 2.45) is 35.5 Å². The van der Waals surface area contributed by atoms with E-state index in [1.807, 2.05) is 0 Å². The van der Waals surface area contributed by atoms with Gasteiger partial charge < -0.3 is 4.90 Å². The van der Waals surface area contributed by atoms with Gasteiger partial charge in [0.15, 0.2) is 0 Å². The first kappa shape index (κ1) is 31.3. The van der Waals surface area contributed by atoms with Crippen LogP contribution < -0.4 is 4.90 Å². The summed E-state index contributed by atoms with van der Waals surface area (Å²) in [6.07, 6.45) is 14.0. The summed E-state index contributed by atoms with van der Waals surface area (Å²) in [6.45, 7) is 0. The van der Waals surface area contributed by atoms with Crippen LogP contribution in [0.1, 0.15) is 86.5 Å². The van der Waals surface area contributed by atoms with E-state index in [9.17, 15) is 0 Å². The standard InChI is InChI=1S/C54H49N/c1-2-10-37(11-3-1)38-12-8-13-42(31-38)55(43-24-25-45-44-14-4-6-16-47(44)53(50(45)32-43)33-35-21-22-39(53)28-35)51-19-9-18-49-52(51)46-15-5-7-17-48(46)54(49)40-23-20-34-26-36(29-40)30-41(54)27-34/h1-19,24-25,31-32,34-36,39-41H,20-23,26-30,33H2. The average Bonchev–Trinajstić information content (AvgIpc) is 3.96. The van der Waals surface area contributed by atoms with Gasteiger partial charge in [-0.1, -0.05) is 122 Å². The normalized spacial score (nSPS) is 31.1. The lowest BCUT2D eigenvalue weighted by Crippen LogP contribution is -2.48. The van der Waals surface area contributed by atoms with Crippen LogP contribution in [-0.4, -0.2) is 0 Å². The van der Waals surface area contributed by atoms with Gasteiger partial charge in [-0.05, 0) is 167 Å². The van der Waals surface area contributed by atoms with Crippen molar-refractivity contribution < 1.29 is 0 Å². The fourth-order valence-corrected chi connectivity index (χ4v) is 14.9. The van der Waals surface area contributed by atoms with Crippen LogP contribution in [0.25, 0.3) is 33.4 Å². The highest BCUT2D eigenvalue weighted by atomic mass is 15.1. The molecule has 0 heterocycles. The zero-order valence-electron chi connectivity index (χ0n) is 31.8. The van der Waals surface area contributed by atoms with E-state index in [4.69, 9.17) is 0 Å². The van der Waals surface area contributed by atoms with Crippen molar-refractivity contribution in [2.45, 2.75) is 75.0 Å². The molecule has 0 saturated heterocycles. The Labute approximate surface area is 326 Å². The minimum Gasteiger partial charge on any atom is -0.310 e. The number of anilines is 3. The smallest absolute Gasteiger partial charge is 0.0543 e. The van der Waals surface area contributed by atoms with Gasteiger partial charge in [0.1, 0.15) is 0 Å². The van der Waals surface area contributed by atoms with Gasteiger partial charge in [-0.15, -0.1) is 0 Å². The van der Waals surface area contributed by atoms with Crippen LogP contribution in [0, 0.1) is 35.5 Å². The van der Waals surface area contributed by atoms with Crippen molar-refractivity contribution in [3.05, 3.63) is 162 Å². The topological polar surface area (TPSA) is 3.24 Å². The summed E-state index contributed by atoms with van der Waals surface area (Å²) in [7, 11) is 0. The molecule has 6 bridgehead atoms. The van der Waals surface area contributed by atoms with Gasteiger partial charge >= 0.3 is 0 Å². The third-order valence-electron chi connectivity index (χ3n) is 16.6. The lowest BCUT2D eigenvalue weighted by atomic mass is 9.51. The molecule has 0 N–H and O–H groups in total. The van der Waals surface area contributed by atoms with Crippen LogP contribution in [0.2, 0.25) is 0 Å². The number of nitrogens with zero attached hydrogens (tertiary/aromatic N) is 1. The van der Waals surface area contributed by atoms with Crippen molar-refractivity contribution in [1.82, 2.24) is 0 Å². The quantitative estimate of drug-likeness (QED) is 0.176. The van der Waals surface area contributed by atoms with Crippen molar-refractivity contribution in [3.8, 4) is 33.4 Å². The number of hydrogen-bond donors (Lipinski definition) is 0. The van der Waals surface area contributed by atoms with Crippen LogP contribution in [-0.2, 0) is 10.8 Å². The van der Waals surface area contributed by atoms with Crippen LogP contribution in [0.5, 0.6) is 0 Å². The Bertz CT molecular complexity index is 2520. The Morgan fingerprint density at radius 3 is 1.96 bits per heavy atom. The minimum atomic E-state index is 0.123. The molecule has 6 aromatic rings. The summed E-state index contributed by atoms with van der Waals surface area (Å²) in [5.41, 5.74) is 19.1. The van der Waals surface area contributed by atoms with Crippen LogP contribution in [0.4, 0.5) is 17.1 Å². The first-order chi connectivity index (χ1) is 27.2. The Hall–Kier alpha value is -4.88. The van der Waals surface area contributed by atoms with Gasteiger partial charge in [0.2, 0.25) is 0 Å². The fourth-order valence-electron chi connectivity index (χ4n) is 14.9. The molecular weight excluding hydrogens is 663 g/mol. The maximum Gasteiger partial charge on any atom is 0.0543 e. The molecule has 14 rings (SSSR count). The predicted molar refractivity (Wildman–Crippen MR) is 226 cm³/mol. The molecule has 6 saturated carbocycles. The van der Waals surface area contributed by atoms with Gasteiger partial charge in [0, 0.05) is 27.8 Å². The fraction of sp³-hybridized carbons (Fsp3) is 0.333. The van der Waals surface area contributed by atoms with E-state index in [1.54, 1.807) is 22.3 Å². The van der Waals surface area contributed by atoms with Crippen LogP contribution in [0.3, 0.4) is 0 Å². The highest BCUT2D eigenvalue weighted by Gasteiger charge is 2.60. The summed E-state index contributed by atoms with van der Waals surface area (Å²) in [6, 6.07) is 54.6. The van der Waals surface area contributed by atoms with E-state index in [2.05, 4.69) is 144 Å². The number of hydrogen-bond acceptors (Lipinski definition) is 1. The minimum absolute atomic E-state index is 0.123. The number of fused-ring (bicyclic) bond motifs is 12. The molecule has 6 aromatic carbocycles. The lowest BCUT2D eigenvalue weighted by Gasteiger charge is -2.53. The van der Waals surface area contributed by atoms with Crippen molar-refractivity contribution in [3.63, 3.8) is 0 Å². The van der Waals surface area contributed by atoms with Crippen LogP contribution in [0.15, 0.2) is 140 Å². The molecule has 1 heteroatoms. The highest BCUT2D eigenvalue weighted by Crippen LogP contribution is 2.70. The number of benzene rings is 6.